The average molecular weight is 405 g/mol. The molecule has 0 aliphatic carbocycles. The first-order valence-electron chi connectivity index (χ1n) is 9.61. The van der Waals surface area contributed by atoms with E-state index in [1.165, 1.54) is 4.88 Å². The Morgan fingerprint density at radius 1 is 1.21 bits per heavy atom. The maximum absolute atomic E-state index is 5.78. The molecule has 0 saturated heterocycles. The van der Waals surface area contributed by atoms with Crippen molar-refractivity contribution in [3.05, 3.63) is 46.7 Å². The van der Waals surface area contributed by atoms with Crippen molar-refractivity contribution < 1.29 is 9.47 Å². The number of methoxy groups -OCH3 is 1. The molecule has 7 heteroatoms. The van der Waals surface area contributed by atoms with Crippen LogP contribution >= 0.6 is 11.3 Å². The van der Waals surface area contributed by atoms with Crippen molar-refractivity contribution >= 4 is 23.0 Å². The molecule has 2 aromatic rings. The molecule has 0 aliphatic heterocycles. The van der Waals surface area contributed by atoms with Gasteiger partial charge in [-0.3, -0.25) is 4.99 Å². The first-order valence-corrected chi connectivity index (χ1v) is 10.5. The van der Waals surface area contributed by atoms with Crippen molar-refractivity contribution in [2.24, 2.45) is 4.99 Å². The summed E-state index contributed by atoms with van der Waals surface area (Å²) in [5.74, 6) is 1.60. The number of nitrogens with one attached hydrogen (secondary N) is 2. The Morgan fingerprint density at radius 2 is 2.07 bits per heavy atom. The summed E-state index contributed by atoms with van der Waals surface area (Å²) in [6.45, 7) is 4.87. The average Bonchev–Trinajstić information content (AvgIpc) is 3.20. The van der Waals surface area contributed by atoms with Crippen LogP contribution in [-0.2, 0) is 4.74 Å². The molecule has 1 atom stereocenters. The first kappa shape index (κ1) is 22.2. The number of thiophene rings is 1. The number of likely N-dealkylation sites (N-methyl/N-ethyl adjacent to an activating group) is 1. The lowest BCUT2D eigenvalue weighted by Crippen LogP contribution is -2.32. The fraction of sp³-hybridized carbons (Fsp3) is 0.476. The van der Waals surface area contributed by atoms with Gasteiger partial charge >= 0.3 is 0 Å². The van der Waals surface area contributed by atoms with Crippen molar-refractivity contribution in [1.82, 2.24) is 10.2 Å². The number of ether oxygens (including phenoxy) is 2. The van der Waals surface area contributed by atoms with Gasteiger partial charge < -0.3 is 25.0 Å². The molecule has 154 valence electrons. The smallest absolute Gasteiger partial charge is 0.195 e. The van der Waals surface area contributed by atoms with Gasteiger partial charge in [-0.25, -0.2) is 0 Å². The van der Waals surface area contributed by atoms with Crippen molar-refractivity contribution in [2.75, 3.05) is 52.8 Å². The van der Waals surface area contributed by atoms with Crippen molar-refractivity contribution in [3.8, 4) is 5.75 Å². The molecule has 2 N–H and O–H groups in total. The van der Waals surface area contributed by atoms with Gasteiger partial charge in [0.15, 0.2) is 5.96 Å². The predicted molar refractivity (Wildman–Crippen MR) is 119 cm³/mol. The van der Waals surface area contributed by atoms with Gasteiger partial charge in [0.25, 0.3) is 0 Å². The van der Waals surface area contributed by atoms with Crippen LogP contribution in [-0.4, -0.2) is 58.4 Å². The van der Waals surface area contributed by atoms with E-state index in [0.29, 0.717) is 19.8 Å². The third-order valence-electron chi connectivity index (χ3n) is 4.12. The SMILES string of the molecule is CCNC(=NCC(c1cccs1)N(C)C)Nc1cccc(OCCCOC)c1. The molecule has 0 radical (unpaired) electrons. The fourth-order valence-corrected chi connectivity index (χ4v) is 3.58. The summed E-state index contributed by atoms with van der Waals surface area (Å²) in [6, 6.07) is 12.4. The molecule has 0 spiro atoms. The lowest BCUT2D eigenvalue weighted by molar-refractivity contribution is 0.172. The fourth-order valence-electron chi connectivity index (χ4n) is 2.67. The van der Waals surface area contributed by atoms with Crippen LogP contribution in [0.3, 0.4) is 0 Å². The van der Waals surface area contributed by atoms with Gasteiger partial charge in [0.05, 0.1) is 19.2 Å². The maximum Gasteiger partial charge on any atom is 0.195 e. The summed E-state index contributed by atoms with van der Waals surface area (Å²) in [7, 11) is 5.88. The van der Waals surface area contributed by atoms with E-state index in [1.807, 2.05) is 24.3 Å². The second-order valence-corrected chi connectivity index (χ2v) is 7.54. The third kappa shape index (κ3) is 7.50. The Hall–Kier alpha value is -2.09. The van der Waals surface area contributed by atoms with Crippen LogP contribution in [0.5, 0.6) is 5.75 Å². The van der Waals surface area contributed by atoms with Crippen LogP contribution in [0.4, 0.5) is 5.69 Å². The standard InChI is InChI=1S/C21H32N4O2S/c1-5-22-21(23-16-19(25(2)3)20-11-7-14-28-20)24-17-9-6-10-18(15-17)27-13-8-12-26-4/h6-7,9-11,14-15,19H,5,8,12-13,16H2,1-4H3,(H2,22,23,24). The number of hydrogen-bond acceptors (Lipinski definition) is 5. The van der Waals surface area contributed by atoms with E-state index in [4.69, 9.17) is 14.5 Å². The van der Waals surface area contributed by atoms with E-state index in [-0.39, 0.29) is 6.04 Å². The molecule has 0 fully saturated rings. The van der Waals surface area contributed by atoms with Gasteiger partial charge in [-0.15, -0.1) is 11.3 Å². The number of guanidine groups is 1. The number of hydrogen-bond donors (Lipinski definition) is 2. The predicted octanol–water partition coefficient (Wildman–Crippen LogP) is 3.84. The van der Waals surface area contributed by atoms with Crippen LogP contribution in [0.2, 0.25) is 0 Å². The van der Waals surface area contributed by atoms with Crippen LogP contribution in [0, 0.1) is 0 Å². The lowest BCUT2D eigenvalue weighted by Gasteiger charge is -2.22. The van der Waals surface area contributed by atoms with Crippen molar-refractivity contribution in [2.45, 2.75) is 19.4 Å². The number of benzene rings is 1. The summed E-state index contributed by atoms with van der Waals surface area (Å²) in [5, 5.41) is 8.81. The van der Waals surface area contributed by atoms with Gasteiger partial charge in [-0.1, -0.05) is 12.1 Å². The molecular formula is C21H32N4O2S. The minimum Gasteiger partial charge on any atom is -0.493 e. The number of rotatable bonds is 11. The normalized spacial score (nSPS) is 12.8. The second-order valence-electron chi connectivity index (χ2n) is 6.56. The Bertz CT molecular complexity index is 704. The molecule has 1 aromatic heterocycles. The van der Waals surface area contributed by atoms with Crippen LogP contribution in [0.1, 0.15) is 24.3 Å². The zero-order valence-corrected chi connectivity index (χ0v) is 18.1. The van der Waals surface area contributed by atoms with E-state index < -0.39 is 0 Å². The zero-order valence-electron chi connectivity index (χ0n) is 17.3. The Labute approximate surface area is 172 Å². The molecule has 28 heavy (non-hydrogen) atoms. The molecule has 1 heterocycles. The highest BCUT2D eigenvalue weighted by Gasteiger charge is 2.15. The van der Waals surface area contributed by atoms with Crippen LogP contribution in [0.25, 0.3) is 0 Å². The third-order valence-corrected chi connectivity index (χ3v) is 5.09. The molecule has 0 aliphatic rings. The minimum atomic E-state index is 0.255. The molecule has 0 amide bonds. The lowest BCUT2D eigenvalue weighted by atomic mass is 10.2. The van der Waals surface area contributed by atoms with Crippen LogP contribution in [0.15, 0.2) is 46.8 Å². The van der Waals surface area contributed by atoms with Gasteiger partial charge in [0.2, 0.25) is 0 Å². The van der Waals surface area contributed by atoms with E-state index in [9.17, 15) is 0 Å². The largest absolute Gasteiger partial charge is 0.493 e. The molecule has 1 unspecified atom stereocenters. The molecular weight excluding hydrogens is 372 g/mol. The van der Waals surface area contributed by atoms with E-state index >= 15 is 0 Å². The van der Waals surface area contributed by atoms with E-state index in [0.717, 1.165) is 30.4 Å². The number of aliphatic imine (C=N–C) groups is 1. The van der Waals surface area contributed by atoms with Crippen molar-refractivity contribution in [3.63, 3.8) is 0 Å². The molecule has 1 aromatic carbocycles. The maximum atomic E-state index is 5.78. The summed E-state index contributed by atoms with van der Waals surface area (Å²) in [6.07, 6.45) is 0.868. The van der Waals surface area contributed by atoms with E-state index in [2.05, 4.69) is 54.1 Å². The summed E-state index contributed by atoms with van der Waals surface area (Å²) in [5.41, 5.74) is 0.946. The van der Waals surface area contributed by atoms with Crippen LogP contribution < -0.4 is 15.4 Å². The van der Waals surface area contributed by atoms with Gasteiger partial charge in [0, 0.05) is 43.3 Å². The quantitative estimate of drug-likeness (QED) is 0.338. The second kappa shape index (κ2) is 12.4. The summed E-state index contributed by atoms with van der Waals surface area (Å²) in [4.78, 5) is 8.32. The number of nitrogens with zero attached hydrogens (tertiary/aromatic N) is 2. The summed E-state index contributed by atoms with van der Waals surface area (Å²) < 4.78 is 10.8. The Balaban J connectivity index is 2.02. The first-order chi connectivity index (χ1) is 13.6. The highest BCUT2D eigenvalue weighted by molar-refractivity contribution is 7.10. The van der Waals surface area contributed by atoms with Gasteiger partial charge in [-0.05, 0) is 44.6 Å². The van der Waals surface area contributed by atoms with Crippen molar-refractivity contribution in [1.29, 1.82) is 0 Å². The molecule has 2 rings (SSSR count). The summed E-state index contributed by atoms with van der Waals surface area (Å²) >= 11 is 1.76. The van der Waals surface area contributed by atoms with Gasteiger partial charge in [0.1, 0.15) is 5.75 Å². The number of anilines is 1. The Morgan fingerprint density at radius 3 is 2.75 bits per heavy atom. The van der Waals surface area contributed by atoms with E-state index in [1.54, 1.807) is 18.4 Å². The minimum absolute atomic E-state index is 0.255. The Kier molecular flexibility index (Phi) is 9.82. The zero-order chi connectivity index (χ0) is 20.2. The van der Waals surface area contributed by atoms with Gasteiger partial charge in [-0.2, -0.15) is 0 Å². The molecule has 6 nitrogen and oxygen atoms in total. The molecule has 0 bridgehead atoms. The highest BCUT2D eigenvalue weighted by Crippen LogP contribution is 2.23. The monoisotopic (exact) mass is 404 g/mol. The topological polar surface area (TPSA) is 58.1 Å². The highest BCUT2D eigenvalue weighted by atomic mass is 32.1. The molecule has 0 saturated carbocycles.